The predicted octanol–water partition coefficient (Wildman–Crippen LogP) is 6.65. The first kappa shape index (κ1) is 20.9. The second-order valence-corrected chi connectivity index (χ2v) is 12.0. The molecule has 3 nitrogen and oxygen atoms in total. The maximum absolute atomic E-state index is 13.5. The lowest BCUT2D eigenvalue weighted by Gasteiger charge is -2.56. The van der Waals surface area contributed by atoms with Gasteiger partial charge in [0.1, 0.15) is 5.82 Å². The number of aromatic nitrogens is 2. The highest BCUT2D eigenvalue weighted by Crippen LogP contribution is 2.64. The molecule has 2 aromatic rings. The molecule has 4 aliphatic carbocycles. The summed E-state index contributed by atoms with van der Waals surface area (Å²) < 4.78 is 15.3. The van der Waals surface area contributed by atoms with Gasteiger partial charge in [-0.1, -0.05) is 20.3 Å². The number of rotatable bonds is 3. The second kappa shape index (κ2) is 7.67. The van der Waals surface area contributed by atoms with Gasteiger partial charge in [0.25, 0.3) is 0 Å². The summed E-state index contributed by atoms with van der Waals surface area (Å²) in [5.41, 5.74) is 0.917. The van der Waals surface area contributed by atoms with Gasteiger partial charge in [-0.25, -0.2) is 4.39 Å². The molecule has 0 amide bonds. The van der Waals surface area contributed by atoms with E-state index in [0.29, 0.717) is 12.3 Å². The molecule has 0 aliphatic heterocycles. The lowest BCUT2D eigenvalue weighted by Crippen LogP contribution is -2.49. The van der Waals surface area contributed by atoms with E-state index in [1.165, 1.54) is 63.5 Å². The molecule has 0 radical (unpaired) electrons. The van der Waals surface area contributed by atoms with Crippen LogP contribution in [0.25, 0.3) is 10.9 Å². The molecule has 6 rings (SSSR count). The smallest absolute Gasteiger partial charge is 0.157 e. The highest BCUT2D eigenvalue weighted by atomic mass is 19.1. The monoisotopic (exact) mass is 436 g/mol. The van der Waals surface area contributed by atoms with Crippen molar-refractivity contribution in [2.45, 2.75) is 78.2 Å². The van der Waals surface area contributed by atoms with Crippen molar-refractivity contribution in [2.24, 2.45) is 46.8 Å². The Labute approximate surface area is 191 Å². The van der Waals surface area contributed by atoms with Crippen molar-refractivity contribution in [3.63, 3.8) is 0 Å². The Morgan fingerprint density at radius 3 is 2.81 bits per heavy atom. The number of ketones is 1. The van der Waals surface area contributed by atoms with Crippen LogP contribution in [0.15, 0.2) is 24.4 Å². The van der Waals surface area contributed by atoms with Crippen LogP contribution in [-0.4, -0.2) is 15.6 Å². The summed E-state index contributed by atoms with van der Waals surface area (Å²) in [4.78, 5) is 13.5. The molecule has 4 aliphatic rings. The quantitative estimate of drug-likeness (QED) is 0.540. The maximum atomic E-state index is 13.5. The number of benzene rings is 1. The van der Waals surface area contributed by atoms with E-state index < -0.39 is 0 Å². The van der Waals surface area contributed by atoms with Crippen molar-refractivity contribution in [2.75, 3.05) is 0 Å². The van der Waals surface area contributed by atoms with E-state index >= 15 is 0 Å². The number of carbonyl (C=O) groups excluding carboxylic acids is 1. The molecule has 4 saturated carbocycles. The number of fused-ring (bicyclic) bond motifs is 6. The molecule has 0 spiro atoms. The Morgan fingerprint density at radius 2 is 1.94 bits per heavy atom. The summed E-state index contributed by atoms with van der Waals surface area (Å²) in [6.45, 7) is 5.21. The molecule has 1 aromatic heterocycles. The average molecular weight is 437 g/mol. The summed E-state index contributed by atoms with van der Waals surface area (Å²) in [5, 5.41) is 5.31. The van der Waals surface area contributed by atoms with Gasteiger partial charge in [0.2, 0.25) is 0 Å². The molecular formula is C28H37FN2O. The minimum atomic E-state index is -0.256. The Hall–Kier alpha value is -1.71. The van der Waals surface area contributed by atoms with E-state index in [1.54, 1.807) is 10.7 Å². The molecule has 0 N–H and O–H groups in total. The van der Waals surface area contributed by atoms with Gasteiger partial charge in [0.05, 0.1) is 12.1 Å². The van der Waals surface area contributed by atoms with Gasteiger partial charge < -0.3 is 0 Å². The van der Waals surface area contributed by atoms with Gasteiger partial charge in [0, 0.05) is 17.5 Å². The van der Waals surface area contributed by atoms with Crippen molar-refractivity contribution >= 4 is 16.7 Å². The first-order valence-corrected chi connectivity index (χ1v) is 13.1. The first-order chi connectivity index (χ1) is 15.4. The van der Waals surface area contributed by atoms with Crippen LogP contribution in [0.4, 0.5) is 4.39 Å². The van der Waals surface area contributed by atoms with Crippen LogP contribution in [-0.2, 0) is 11.3 Å². The Morgan fingerprint density at radius 1 is 1.09 bits per heavy atom. The average Bonchev–Trinajstić information content (AvgIpc) is 3.32. The molecule has 1 heterocycles. The highest BCUT2D eigenvalue weighted by molar-refractivity contribution is 5.83. The molecule has 172 valence electrons. The minimum Gasteiger partial charge on any atom is -0.297 e. The molecule has 0 saturated heterocycles. The Kier molecular flexibility index (Phi) is 5.00. The van der Waals surface area contributed by atoms with Crippen LogP contribution in [0.2, 0.25) is 0 Å². The van der Waals surface area contributed by atoms with Crippen molar-refractivity contribution in [3.8, 4) is 0 Å². The van der Waals surface area contributed by atoms with Gasteiger partial charge >= 0.3 is 0 Å². The molecule has 32 heavy (non-hydrogen) atoms. The largest absolute Gasteiger partial charge is 0.297 e. The fourth-order valence-electron chi connectivity index (χ4n) is 9.02. The minimum absolute atomic E-state index is 0.154. The Balaban J connectivity index is 1.19. The van der Waals surface area contributed by atoms with E-state index in [1.807, 2.05) is 6.20 Å². The van der Waals surface area contributed by atoms with Crippen LogP contribution in [0.1, 0.15) is 71.6 Å². The summed E-state index contributed by atoms with van der Waals surface area (Å²) in [5.74, 6) is 5.57. The standard InChI is InChI=1S/C28H37FN2O/c1-17-3-6-21-18(13-17)4-7-23-22(21)11-12-28(2)24(23)8-9-25(28)27(32)16-31-15-19-14-20(29)5-10-26(19)30-31/h5,10,14-15,17-18,21-25H,3-4,6-9,11-13,16H2,1-2H3/t17-,18+,21-,22?,23?,24?,25+,28-/m0/s1. The van der Waals surface area contributed by atoms with Crippen LogP contribution in [0.5, 0.6) is 0 Å². The van der Waals surface area contributed by atoms with Crippen molar-refractivity contribution in [1.82, 2.24) is 9.78 Å². The molecule has 0 bridgehead atoms. The lowest BCUT2D eigenvalue weighted by molar-refractivity contribution is -0.131. The van der Waals surface area contributed by atoms with Crippen molar-refractivity contribution in [1.29, 1.82) is 0 Å². The molecular weight excluding hydrogens is 399 g/mol. The van der Waals surface area contributed by atoms with E-state index in [0.717, 1.165) is 52.8 Å². The van der Waals surface area contributed by atoms with Crippen molar-refractivity contribution in [3.05, 3.63) is 30.2 Å². The van der Waals surface area contributed by atoms with E-state index in [2.05, 4.69) is 18.9 Å². The predicted molar refractivity (Wildman–Crippen MR) is 124 cm³/mol. The van der Waals surface area contributed by atoms with Gasteiger partial charge in [-0.3, -0.25) is 9.48 Å². The molecule has 4 heteroatoms. The summed E-state index contributed by atoms with van der Waals surface area (Å²) in [6.07, 6.45) is 13.8. The third-order valence-electron chi connectivity index (χ3n) is 10.4. The topological polar surface area (TPSA) is 34.9 Å². The van der Waals surface area contributed by atoms with Crippen LogP contribution >= 0.6 is 0 Å². The third kappa shape index (κ3) is 3.27. The van der Waals surface area contributed by atoms with E-state index in [-0.39, 0.29) is 17.2 Å². The van der Waals surface area contributed by atoms with Gasteiger partial charge in [-0.2, -0.15) is 5.10 Å². The SMILES string of the molecule is C[C@H]1CC[C@@H]2C3CC[C@@]4(C)C(CC[C@@H]4C(=O)Cn4cc5cc(F)ccc5n4)C3CC[C@@H]2C1. The van der Waals surface area contributed by atoms with E-state index in [4.69, 9.17) is 0 Å². The molecule has 1 aromatic carbocycles. The van der Waals surface area contributed by atoms with Crippen LogP contribution in [0, 0.1) is 52.7 Å². The maximum Gasteiger partial charge on any atom is 0.157 e. The zero-order chi connectivity index (χ0) is 22.0. The number of nitrogens with zero attached hydrogens (tertiary/aromatic N) is 2. The second-order valence-electron chi connectivity index (χ2n) is 12.0. The highest BCUT2D eigenvalue weighted by Gasteiger charge is 2.58. The number of halogens is 1. The zero-order valence-corrected chi connectivity index (χ0v) is 19.6. The zero-order valence-electron chi connectivity index (χ0n) is 19.6. The van der Waals surface area contributed by atoms with Gasteiger partial charge in [-0.15, -0.1) is 0 Å². The number of carbonyl (C=O) groups is 1. The first-order valence-electron chi connectivity index (χ1n) is 13.1. The normalized spacial score (nSPS) is 41.2. The third-order valence-corrected chi connectivity index (χ3v) is 10.4. The molecule has 3 unspecified atom stereocenters. The van der Waals surface area contributed by atoms with E-state index in [9.17, 15) is 9.18 Å². The van der Waals surface area contributed by atoms with Crippen LogP contribution in [0.3, 0.4) is 0 Å². The summed E-state index contributed by atoms with van der Waals surface area (Å²) in [6, 6.07) is 4.63. The van der Waals surface area contributed by atoms with Crippen molar-refractivity contribution < 1.29 is 9.18 Å². The fraction of sp³-hybridized carbons (Fsp3) is 0.714. The molecule has 8 atom stereocenters. The summed E-state index contributed by atoms with van der Waals surface area (Å²) in [7, 11) is 0. The fourth-order valence-corrected chi connectivity index (χ4v) is 9.02. The molecule has 4 fully saturated rings. The number of Topliss-reactive ketones (excluding diaryl/α,β-unsaturated/α-hetero) is 1. The Bertz CT molecular complexity index is 1030. The number of hydrogen-bond acceptors (Lipinski definition) is 2. The number of hydrogen-bond donors (Lipinski definition) is 0. The van der Waals surface area contributed by atoms with Crippen LogP contribution < -0.4 is 0 Å². The lowest BCUT2D eigenvalue weighted by atomic mass is 9.49. The summed E-state index contributed by atoms with van der Waals surface area (Å²) >= 11 is 0. The van der Waals surface area contributed by atoms with Gasteiger partial charge in [-0.05, 0) is 110 Å². The van der Waals surface area contributed by atoms with Gasteiger partial charge in [0.15, 0.2) is 5.78 Å².